The Morgan fingerprint density at radius 2 is 2.29 bits per heavy atom. The third-order valence-corrected chi connectivity index (χ3v) is 2.82. The van der Waals surface area contributed by atoms with Gasteiger partial charge in [-0.2, -0.15) is 0 Å². The molecule has 0 saturated carbocycles. The highest BCUT2D eigenvalue weighted by Gasteiger charge is 2.44. The van der Waals surface area contributed by atoms with Crippen LogP contribution in [0.5, 0.6) is 0 Å². The smallest absolute Gasteiger partial charge is 0.330 e. The third kappa shape index (κ3) is 2.03. The minimum atomic E-state index is -1.69. The van der Waals surface area contributed by atoms with Gasteiger partial charge < -0.3 is 9.84 Å². The first-order valence-electron chi connectivity index (χ1n) is 5.33. The van der Waals surface area contributed by atoms with E-state index < -0.39 is 35.9 Å². The Morgan fingerprint density at radius 3 is 2.82 bits per heavy atom. The van der Waals surface area contributed by atoms with Crippen LogP contribution in [-0.4, -0.2) is 33.0 Å². The van der Waals surface area contributed by atoms with Crippen molar-refractivity contribution in [3.05, 3.63) is 33.1 Å². The second-order valence-electron chi connectivity index (χ2n) is 3.93. The van der Waals surface area contributed by atoms with Crippen molar-refractivity contribution in [1.82, 2.24) is 9.55 Å². The normalized spacial score (nSPS) is 32.9. The molecule has 0 amide bonds. The van der Waals surface area contributed by atoms with Crippen LogP contribution < -0.4 is 11.2 Å². The maximum atomic E-state index is 13.8. The molecule has 0 unspecified atom stereocenters. The lowest BCUT2D eigenvalue weighted by molar-refractivity contribution is -0.0280. The Morgan fingerprint density at radius 1 is 1.59 bits per heavy atom. The molecule has 1 aliphatic rings. The molecule has 0 radical (unpaired) electrons. The maximum absolute atomic E-state index is 13.8. The molecule has 7 heteroatoms. The molecule has 1 aromatic heterocycles. The Balaban J connectivity index is 2.35. The summed E-state index contributed by atoms with van der Waals surface area (Å²) in [5.74, 6) is 0. The molecule has 1 aliphatic heterocycles. The Hall–Kier alpha value is -1.47. The lowest BCUT2D eigenvalue weighted by Gasteiger charge is -2.15. The molecule has 94 valence electrons. The van der Waals surface area contributed by atoms with E-state index in [1.807, 2.05) is 4.98 Å². The molecular formula is C10H13FN2O4. The zero-order valence-electron chi connectivity index (χ0n) is 9.17. The summed E-state index contributed by atoms with van der Waals surface area (Å²) in [6, 6.07) is 1.10. The number of ether oxygens (including phenoxy) is 1. The van der Waals surface area contributed by atoms with E-state index in [0.29, 0.717) is 6.42 Å². The highest BCUT2D eigenvalue weighted by molar-refractivity contribution is 4.92. The van der Waals surface area contributed by atoms with Crippen molar-refractivity contribution < 1.29 is 14.2 Å². The van der Waals surface area contributed by atoms with Crippen molar-refractivity contribution in [3.8, 4) is 0 Å². The second kappa shape index (κ2) is 4.42. The number of rotatable bonds is 2. The number of nitrogens with zero attached hydrogens (tertiary/aromatic N) is 1. The number of aliphatic hydroxyl groups excluding tert-OH is 1. The minimum Gasteiger partial charge on any atom is -0.387 e. The predicted octanol–water partition coefficient (Wildman–Crippen LogP) is -0.457. The van der Waals surface area contributed by atoms with Gasteiger partial charge in [-0.25, -0.2) is 9.18 Å². The Kier molecular flexibility index (Phi) is 3.12. The average Bonchev–Trinajstić information content (AvgIpc) is 2.57. The molecular weight excluding hydrogens is 231 g/mol. The van der Waals surface area contributed by atoms with Crippen molar-refractivity contribution in [3.63, 3.8) is 0 Å². The third-order valence-electron chi connectivity index (χ3n) is 2.82. The van der Waals surface area contributed by atoms with Gasteiger partial charge >= 0.3 is 5.69 Å². The molecule has 17 heavy (non-hydrogen) atoms. The van der Waals surface area contributed by atoms with Crippen LogP contribution in [-0.2, 0) is 4.74 Å². The zero-order chi connectivity index (χ0) is 12.6. The van der Waals surface area contributed by atoms with Gasteiger partial charge in [-0.15, -0.1) is 0 Å². The van der Waals surface area contributed by atoms with Crippen molar-refractivity contribution in [2.24, 2.45) is 0 Å². The number of H-pyrrole nitrogens is 1. The Bertz CT molecular complexity index is 512. The summed E-state index contributed by atoms with van der Waals surface area (Å²) in [5.41, 5.74) is -1.32. The summed E-state index contributed by atoms with van der Waals surface area (Å²) in [6.45, 7) is 1.75. The second-order valence-corrected chi connectivity index (χ2v) is 3.93. The van der Waals surface area contributed by atoms with Crippen LogP contribution in [0.15, 0.2) is 21.9 Å². The lowest BCUT2D eigenvalue weighted by atomic mass is 10.1. The summed E-state index contributed by atoms with van der Waals surface area (Å²) >= 11 is 0. The molecule has 0 bridgehead atoms. The molecule has 1 aromatic rings. The predicted molar refractivity (Wildman–Crippen MR) is 56.4 cm³/mol. The van der Waals surface area contributed by atoms with Gasteiger partial charge in [0.25, 0.3) is 5.56 Å². The van der Waals surface area contributed by atoms with Crippen LogP contribution in [0.1, 0.15) is 19.6 Å². The van der Waals surface area contributed by atoms with Gasteiger partial charge in [0.1, 0.15) is 6.10 Å². The van der Waals surface area contributed by atoms with Gasteiger partial charge in [0.05, 0.1) is 6.10 Å². The van der Waals surface area contributed by atoms with Gasteiger partial charge in [0.15, 0.2) is 12.4 Å². The van der Waals surface area contributed by atoms with E-state index in [2.05, 4.69) is 0 Å². The number of halogens is 1. The molecule has 0 spiro atoms. The SMILES string of the molecule is CC[C@H]1O[C@@H](n2ccc(=O)[nH]c2=O)[C@H](F)[C@@H]1O. The first-order valence-corrected chi connectivity index (χ1v) is 5.33. The first-order chi connectivity index (χ1) is 8.04. The molecule has 2 heterocycles. The van der Waals surface area contributed by atoms with Crippen molar-refractivity contribution in [1.29, 1.82) is 0 Å². The zero-order valence-corrected chi connectivity index (χ0v) is 9.17. The minimum absolute atomic E-state index is 0.441. The van der Waals surface area contributed by atoms with Crippen LogP contribution in [0.3, 0.4) is 0 Å². The number of aromatic amines is 1. The first kappa shape index (κ1) is 12.0. The van der Waals surface area contributed by atoms with Crippen LogP contribution in [0, 0.1) is 0 Å². The van der Waals surface area contributed by atoms with Gasteiger partial charge in [0, 0.05) is 12.3 Å². The summed E-state index contributed by atoms with van der Waals surface area (Å²) in [7, 11) is 0. The number of hydrogen-bond donors (Lipinski definition) is 2. The lowest BCUT2D eigenvalue weighted by Crippen LogP contribution is -2.35. The largest absolute Gasteiger partial charge is 0.387 e. The fourth-order valence-electron chi connectivity index (χ4n) is 1.89. The summed E-state index contributed by atoms with van der Waals surface area (Å²) < 4.78 is 20.0. The van der Waals surface area contributed by atoms with E-state index in [0.717, 1.165) is 16.8 Å². The molecule has 0 aromatic carbocycles. The standard InChI is InChI=1S/C10H13FN2O4/c1-2-5-8(15)7(11)9(17-5)13-4-3-6(14)12-10(13)16/h3-5,7-9,15H,2H2,1H3,(H,12,14,16)/t5-,7-,8-,9-/m1/s1. The fourth-order valence-corrected chi connectivity index (χ4v) is 1.89. The van der Waals surface area contributed by atoms with Crippen molar-refractivity contribution >= 4 is 0 Å². The van der Waals surface area contributed by atoms with Crippen LogP contribution in [0.25, 0.3) is 0 Å². The van der Waals surface area contributed by atoms with Gasteiger partial charge in [0.2, 0.25) is 0 Å². The molecule has 0 aliphatic carbocycles. The average molecular weight is 244 g/mol. The molecule has 4 atom stereocenters. The Labute approximate surface area is 95.7 Å². The number of alkyl halides is 1. The van der Waals surface area contributed by atoms with Crippen LogP contribution >= 0.6 is 0 Å². The van der Waals surface area contributed by atoms with Crippen LogP contribution in [0.4, 0.5) is 4.39 Å². The topological polar surface area (TPSA) is 84.3 Å². The van der Waals surface area contributed by atoms with E-state index in [4.69, 9.17) is 4.74 Å². The van der Waals surface area contributed by atoms with E-state index in [1.165, 1.54) is 0 Å². The van der Waals surface area contributed by atoms with Gasteiger partial charge in [-0.1, -0.05) is 6.92 Å². The number of aromatic nitrogens is 2. The van der Waals surface area contributed by atoms with E-state index in [-0.39, 0.29) is 0 Å². The maximum Gasteiger partial charge on any atom is 0.330 e. The molecule has 1 fully saturated rings. The highest BCUT2D eigenvalue weighted by atomic mass is 19.1. The molecule has 1 saturated heterocycles. The molecule has 2 N–H and O–H groups in total. The van der Waals surface area contributed by atoms with E-state index in [1.54, 1.807) is 6.92 Å². The van der Waals surface area contributed by atoms with Gasteiger partial charge in [-0.3, -0.25) is 14.3 Å². The molecule has 2 rings (SSSR count). The highest BCUT2D eigenvalue weighted by Crippen LogP contribution is 2.31. The quantitative estimate of drug-likeness (QED) is 0.737. The summed E-state index contributed by atoms with van der Waals surface area (Å²) in [5, 5.41) is 9.55. The van der Waals surface area contributed by atoms with Crippen molar-refractivity contribution in [2.75, 3.05) is 0 Å². The number of aliphatic hydroxyl groups is 1. The summed E-state index contributed by atoms with van der Waals surface area (Å²) in [4.78, 5) is 24.3. The fraction of sp³-hybridized carbons (Fsp3) is 0.600. The van der Waals surface area contributed by atoms with Crippen molar-refractivity contribution in [2.45, 2.75) is 38.0 Å². The summed E-state index contributed by atoms with van der Waals surface area (Å²) in [6.07, 6.45) is -3.19. The monoisotopic (exact) mass is 244 g/mol. The van der Waals surface area contributed by atoms with E-state index >= 15 is 0 Å². The number of nitrogens with one attached hydrogen (secondary N) is 1. The van der Waals surface area contributed by atoms with Crippen LogP contribution in [0.2, 0.25) is 0 Å². The molecule has 6 nitrogen and oxygen atoms in total. The van der Waals surface area contributed by atoms with Gasteiger partial charge in [-0.05, 0) is 6.42 Å². The number of hydrogen-bond acceptors (Lipinski definition) is 4. The van der Waals surface area contributed by atoms with E-state index in [9.17, 15) is 19.1 Å².